The van der Waals surface area contributed by atoms with E-state index in [9.17, 15) is 0 Å². The molecule has 0 bridgehead atoms. The third kappa shape index (κ3) is 7.66. The first kappa shape index (κ1) is 21.7. The lowest BCUT2D eigenvalue weighted by atomic mass is 11.3. The fourth-order valence-corrected chi connectivity index (χ4v) is 18.9. The fourth-order valence-electron chi connectivity index (χ4n) is 2.02. The molecule has 0 aliphatic carbocycles. The van der Waals surface area contributed by atoms with Crippen molar-refractivity contribution in [2.24, 2.45) is 0 Å². The average Bonchev–Trinajstić information content (AvgIpc) is 2.10. The molecule has 0 saturated heterocycles. The second kappa shape index (κ2) is 7.05. The SMILES string of the molecule is CN(C)[Si](C)(C)O[Si](C)(C)O[Si](C)(C)O[Si](C)(C)N(C)C. The minimum atomic E-state index is -2.21. The summed E-state index contributed by atoms with van der Waals surface area (Å²) in [5, 5.41) is 0. The molecule has 0 aromatic carbocycles. The van der Waals surface area contributed by atoms with E-state index in [1.165, 1.54) is 0 Å². The minimum absolute atomic E-state index is 1.86. The Morgan fingerprint density at radius 2 is 0.714 bits per heavy atom. The normalized spacial score (nSPS) is 15.1. The van der Waals surface area contributed by atoms with E-state index in [0.717, 1.165) is 0 Å². The van der Waals surface area contributed by atoms with Crippen LogP contribution in [-0.2, 0) is 12.3 Å². The maximum atomic E-state index is 6.45. The Morgan fingerprint density at radius 3 is 0.905 bits per heavy atom. The molecular formula is C12H36N2O3Si4. The van der Waals surface area contributed by atoms with Gasteiger partial charge in [-0.1, -0.05) is 0 Å². The molecular weight excluding hydrogens is 332 g/mol. The van der Waals surface area contributed by atoms with E-state index < -0.39 is 34.1 Å². The van der Waals surface area contributed by atoms with Gasteiger partial charge >= 0.3 is 17.1 Å². The highest BCUT2D eigenvalue weighted by molar-refractivity contribution is 6.88. The van der Waals surface area contributed by atoms with E-state index in [1.807, 2.05) is 0 Å². The zero-order valence-electron chi connectivity index (χ0n) is 16.1. The van der Waals surface area contributed by atoms with Gasteiger partial charge in [-0.05, 0) is 80.6 Å². The Bertz CT molecular complexity index is 315. The maximum Gasteiger partial charge on any atom is 0.313 e. The van der Waals surface area contributed by atoms with Crippen molar-refractivity contribution in [2.45, 2.75) is 52.4 Å². The van der Waals surface area contributed by atoms with Crippen LogP contribution in [0.3, 0.4) is 0 Å². The van der Waals surface area contributed by atoms with Gasteiger partial charge in [0, 0.05) is 0 Å². The molecule has 0 aliphatic heterocycles. The van der Waals surface area contributed by atoms with Crippen molar-refractivity contribution in [2.75, 3.05) is 28.2 Å². The molecule has 0 radical (unpaired) electrons. The number of rotatable bonds is 8. The summed E-state index contributed by atoms with van der Waals surface area (Å²) in [6.07, 6.45) is 0. The molecule has 0 amide bonds. The van der Waals surface area contributed by atoms with Crippen LogP contribution in [0.4, 0.5) is 0 Å². The van der Waals surface area contributed by atoms with Crippen molar-refractivity contribution in [3.63, 3.8) is 0 Å². The summed E-state index contributed by atoms with van der Waals surface area (Å²) in [4.78, 5) is 0. The van der Waals surface area contributed by atoms with Crippen LogP contribution in [0.5, 0.6) is 0 Å². The first-order chi connectivity index (χ1) is 9.01. The van der Waals surface area contributed by atoms with Gasteiger partial charge in [0.25, 0.3) is 17.0 Å². The average molecular weight is 369 g/mol. The summed E-state index contributed by atoms with van der Waals surface area (Å²) < 4.78 is 23.7. The van der Waals surface area contributed by atoms with Gasteiger partial charge in [-0.15, -0.1) is 0 Å². The molecule has 0 N–H and O–H groups in total. The van der Waals surface area contributed by atoms with E-state index in [2.05, 4.69) is 89.7 Å². The molecule has 0 aliphatic rings. The minimum Gasteiger partial charge on any atom is -0.424 e. The third-order valence-electron chi connectivity index (χ3n) is 3.64. The Hall–Kier alpha value is 0.668. The standard InChI is InChI=1S/C12H36N2O3Si4/c1-13(2)18(5,6)15-20(9,10)17-21(11,12)16-19(7,8)14(3)4/h1-12H3. The summed E-state index contributed by atoms with van der Waals surface area (Å²) in [6.45, 7) is 17.4. The lowest BCUT2D eigenvalue weighted by molar-refractivity contribution is 0.300. The molecule has 0 saturated carbocycles. The summed E-state index contributed by atoms with van der Waals surface area (Å²) in [5.41, 5.74) is 0. The van der Waals surface area contributed by atoms with Crippen LogP contribution in [0.15, 0.2) is 0 Å². The number of hydrogen-bond acceptors (Lipinski definition) is 5. The fraction of sp³-hybridized carbons (Fsp3) is 1.00. The topological polar surface area (TPSA) is 34.2 Å². The smallest absolute Gasteiger partial charge is 0.313 e. The lowest BCUT2D eigenvalue weighted by Crippen LogP contribution is -2.61. The van der Waals surface area contributed by atoms with Crippen molar-refractivity contribution < 1.29 is 12.3 Å². The summed E-state index contributed by atoms with van der Waals surface area (Å²) in [7, 11) is 0.185. The molecule has 0 rings (SSSR count). The van der Waals surface area contributed by atoms with Crippen molar-refractivity contribution in [3.8, 4) is 0 Å². The first-order valence-corrected chi connectivity index (χ1v) is 18.8. The molecule has 0 atom stereocenters. The van der Waals surface area contributed by atoms with Gasteiger partial charge in [-0.25, -0.2) is 0 Å². The van der Waals surface area contributed by atoms with Gasteiger partial charge in [0.05, 0.1) is 0 Å². The summed E-state index contributed by atoms with van der Waals surface area (Å²) in [6, 6.07) is 0. The molecule has 0 aromatic heterocycles. The molecule has 0 spiro atoms. The van der Waals surface area contributed by atoms with Crippen LogP contribution in [0.2, 0.25) is 52.4 Å². The predicted octanol–water partition coefficient (Wildman–Crippen LogP) is 2.97. The van der Waals surface area contributed by atoms with Crippen LogP contribution in [0.1, 0.15) is 0 Å². The molecule has 21 heavy (non-hydrogen) atoms. The Morgan fingerprint density at radius 1 is 0.476 bits per heavy atom. The molecule has 9 heteroatoms. The summed E-state index contributed by atoms with van der Waals surface area (Å²) >= 11 is 0. The van der Waals surface area contributed by atoms with Crippen LogP contribution >= 0.6 is 0 Å². The van der Waals surface area contributed by atoms with Crippen molar-refractivity contribution in [3.05, 3.63) is 0 Å². The maximum absolute atomic E-state index is 6.45. The van der Waals surface area contributed by atoms with Crippen molar-refractivity contribution in [1.82, 2.24) is 9.13 Å². The molecule has 5 nitrogen and oxygen atoms in total. The second-order valence-corrected chi connectivity index (χ2v) is 23.4. The quantitative estimate of drug-likeness (QED) is 0.615. The summed E-state index contributed by atoms with van der Waals surface area (Å²) in [5.74, 6) is 0. The van der Waals surface area contributed by atoms with Gasteiger partial charge in [0.1, 0.15) is 0 Å². The van der Waals surface area contributed by atoms with Crippen LogP contribution in [0.25, 0.3) is 0 Å². The van der Waals surface area contributed by atoms with Gasteiger partial charge in [-0.3, -0.25) is 0 Å². The van der Waals surface area contributed by atoms with E-state index in [0.29, 0.717) is 0 Å². The molecule has 0 unspecified atom stereocenters. The highest BCUT2D eigenvalue weighted by Gasteiger charge is 2.44. The van der Waals surface area contributed by atoms with Gasteiger partial charge in [-0.2, -0.15) is 0 Å². The number of nitrogens with zero attached hydrogens (tertiary/aromatic N) is 2. The molecule has 0 heterocycles. The first-order valence-electron chi connectivity index (χ1n) is 7.46. The van der Waals surface area contributed by atoms with E-state index in [-0.39, 0.29) is 0 Å². The van der Waals surface area contributed by atoms with E-state index in [1.54, 1.807) is 0 Å². The Balaban J connectivity index is 4.92. The highest BCUT2D eigenvalue weighted by Crippen LogP contribution is 2.24. The van der Waals surface area contributed by atoms with Crippen LogP contribution in [0, 0.1) is 0 Å². The second-order valence-electron chi connectivity index (χ2n) is 7.79. The third-order valence-corrected chi connectivity index (χ3v) is 19.8. The van der Waals surface area contributed by atoms with Gasteiger partial charge in [0.2, 0.25) is 0 Å². The molecule has 128 valence electrons. The number of hydrogen-bond donors (Lipinski definition) is 0. The van der Waals surface area contributed by atoms with Crippen molar-refractivity contribution in [1.29, 1.82) is 0 Å². The van der Waals surface area contributed by atoms with Crippen LogP contribution in [-0.4, -0.2) is 71.4 Å². The largest absolute Gasteiger partial charge is 0.424 e. The zero-order valence-corrected chi connectivity index (χ0v) is 20.1. The van der Waals surface area contributed by atoms with E-state index >= 15 is 0 Å². The molecule has 0 fully saturated rings. The zero-order chi connectivity index (χ0) is 17.3. The monoisotopic (exact) mass is 368 g/mol. The molecule has 0 aromatic rings. The predicted molar refractivity (Wildman–Crippen MR) is 101 cm³/mol. The van der Waals surface area contributed by atoms with Gasteiger partial charge in [0.15, 0.2) is 0 Å². The van der Waals surface area contributed by atoms with Crippen molar-refractivity contribution >= 4 is 34.1 Å². The van der Waals surface area contributed by atoms with Crippen LogP contribution < -0.4 is 0 Å². The Kier molecular flexibility index (Phi) is 7.28. The van der Waals surface area contributed by atoms with Gasteiger partial charge < -0.3 is 21.5 Å². The lowest BCUT2D eigenvalue weighted by Gasteiger charge is -2.43. The Labute approximate surface area is 136 Å². The highest BCUT2D eigenvalue weighted by atomic mass is 28.5. The van der Waals surface area contributed by atoms with E-state index in [4.69, 9.17) is 12.3 Å².